The van der Waals surface area contributed by atoms with Gasteiger partial charge in [-0.3, -0.25) is 9.77 Å². The lowest BCUT2D eigenvalue weighted by Crippen LogP contribution is -2.21. The number of hydrogen-bond acceptors (Lipinski definition) is 4. The van der Waals surface area contributed by atoms with Gasteiger partial charge < -0.3 is 16.7 Å². The molecule has 2 aromatic heterocycles. The second kappa shape index (κ2) is 4.30. The van der Waals surface area contributed by atoms with E-state index >= 15 is 0 Å². The van der Waals surface area contributed by atoms with E-state index in [1.165, 1.54) is 4.68 Å². The maximum Gasteiger partial charge on any atom is 0.175 e. The zero-order chi connectivity index (χ0) is 12.4. The van der Waals surface area contributed by atoms with Crippen molar-refractivity contribution in [2.24, 2.45) is 10.7 Å². The van der Waals surface area contributed by atoms with Gasteiger partial charge >= 0.3 is 0 Å². The molecule has 0 fully saturated rings. The number of aliphatic imine (C=N–C) groups is 1. The number of hydrogen-bond donors (Lipinski definition) is 4. The molecule has 0 bridgehead atoms. The molecule has 0 radical (unpaired) electrons. The van der Waals surface area contributed by atoms with Gasteiger partial charge in [0.2, 0.25) is 0 Å². The fourth-order valence-electron chi connectivity index (χ4n) is 1.47. The van der Waals surface area contributed by atoms with Gasteiger partial charge in [0.05, 0.1) is 6.61 Å². The number of aliphatic hydroxyl groups excluding tert-OH is 1. The molecule has 0 aliphatic rings. The topological polar surface area (TPSA) is 118 Å². The Kier molecular flexibility index (Phi) is 2.84. The van der Waals surface area contributed by atoms with Crippen LogP contribution in [0.15, 0.2) is 23.3 Å². The number of aromatic nitrogens is 3. The average molecular weight is 234 g/mol. The van der Waals surface area contributed by atoms with E-state index < -0.39 is 0 Å². The summed E-state index contributed by atoms with van der Waals surface area (Å²) in [5.41, 5.74) is 7.93. The van der Waals surface area contributed by atoms with Crippen LogP contribution in [0.3, 0.4) is 0 Å². The molecule has 6 N–H and O–H groups in total. The van der Waals surface area contributed by atoms with Crippen LogP contribution < -0.4 is 11.6 Å². The van der Waals surface area contributed by atoms with Crippen molar-refractivity contribution < 1.29 is 5.11 Å². The number of nitrogens with zero attached hydrogens (tertiary/aromatic N) is 3. The lowest BCUT2D eigenvalue weighted by atomic mass is 10.3. The van der Waals surface area contributed by atoms with E-state index in [-0.39, 0.29) is 12.4 Å². The molecule has 0 atom stereocenters. The predicted molar refractivity (Wildman–Crippen MR) is 64.2 cm³/mol. The molecule has 0 saturated heterocycles. The van der Waals surface area contributed by atoms with Gasteiger partial charge in [-0.1, -0.05) is 0 Å². The molecule has 0 amide bonds. The first-order valence-electron chi connectivity index (χ1n) is 5.04. The number of aryl methyl sites for hydroxylation is 1. The monoisotopic (exact) mass is 234 g/mol. The summed E-state index contributed by atoms with van der Waals surface area (Å²) in [7, 11) is 0. The molecule has 90 valence electrons. The molecular formula is C10H14N6O. The van der Waals surface area contributed by atoms with E-state index in [1.807, 2.05) is 6.92 Å². The molecule has 0 saturated carbocycles. The van der Waals surface area contributed by atoms with Crippen molar-refractivity contribution in [2.75, 3.05) is 5.84 Å². The molecular weight excluding hydrogens is 220 g/mol. The largest absolute Gasteiger partial charge is 0.392 e. The van der Waals surface area contributed by atoms with Crippen molar-refractivity contribution in [3.05, 3.63) is 35.3 Å². The summed E-state index contributed by atoms with van der Waals surface area (Å²) in [6, 6.07) is 3.45. The van der Waals surface area contributed by atoms with Crippen molar-refractivity contribution >= 4 is 11.7 Å². The van der Waals surface area contributed by atoms with E-state index in [0.29, 0.717) is 17.1 Å². The molecule has 7 heteroatoms. The van der Waals surface area contributed by atoms with Gasteiger partial charge in [0.15, 0.2) is 11.7 Å². The Morgan fingerprint density at radius 2 is 2.35 bits per heavy atom. The maximum absolute atomic E-state index is 8.98. The van der Waals surface area contributed by atoms with E-state index in [9.17, 15) is 0 Å². The third kappa shape index (κ3) is 2.28. The third-order valence-electron chi connectivity index (χ3n) is 2.28. The summed E-state index contributed by atoms with van der Waals surface area (Å²) in [6.07, 6.45) is 1.59. The molecule has 0 spiro atoms. The van der Waals surface area contributed by atoms with Crippen molar-refractivity contribution in [1.29, 1.82) is 0 Å². The summed E-state index contributed by atoms with van der Waals surface area (Å²) in [6.45, 7) is 1.78. The highest BCUT2D eigenvalue weighted by Gasteiger charge is 2.08. The lowest BCUT2D eigenvalue weighted by molar-refractivity contribution is 0.282. The maximum atomic E-state index is 8.98. The van der Waals surface area contributed by atoms with Crippen LogP contribution >= 0.6 is 0 Å². The van der Waals surface area contributed by atoms with Crippen LogP contribution in [0.25, 0.3) is 0 Å². The first-order chi connectivity index (χ1) is 8.10. The molecule has 0 aliphatic heterocycles. The van der Waals surface area contributed by atoms with E-state index in [0.717, 1.165) is 5.69 Å². The van der Waals surface area contributed by atoms with Crippen LogP contribution in [0.4, 0.5) is 5.82 Å². The van der Waals surface area contributed by atoms with E-state index in [4.69, 9.17) is 16.7 Å². The van der Waals surface area contributed by atoms with Gasteiger partial charge in [0.25, 0.3) is 0 Å². The highest BCUT2D eigenvalue weighted by molar-refractivity contribution is 5.97. The molecule has 0 aliphatic carbocycles. The van der Waals surface area contributed by atoms with Gasteiger partial charge in [-0.2, -0.15) is 5.10 Å². The molecule has 7 nitrogen and oxygen atoms in total. The lowest BCUT2D eigenvalue weighted by Gasteiger charge is -2.00. The highest BCUT2D eigenvalue weighted by Crippen LogP contribution is 2.11. The van der Waals surface area contributed by atoms with Crippen LogP contribution in [0, 0.1) is 6.92 Å². The van der Waals surface area contributed by atoms with Gasteiger partial charge in [-0.25, -0.2) is 4.99 Å². The Morgan fingerprint density at radius 3 is 2.88 bits per heavy atom. The smallest absolute Gasteiger partial charge is 0.175 e. The SMILES string of the molecule is Cc1cc(N=C(N)c2cc(CO)cn2N)n[nH]1. The predicted octanol–water partition coefficient (Wildman–Crippen LogP) is -0.237. The minimum atomic E-state index is -0.0913. The first-order valence-corrected chi connectivity index (χ1v) is 5.04. The van der Waals surface area contributed by atoms with Crippen molar-refractivity contribution in [2.45, 2.75) is 13.5 Å². The number of nitrogens with two attached hydrogens (primary N) is 2. The van der Waals surface area contributed by atoms with E-state index in [1.54, 1.807) is 18.3 Å². The zero-order valence-corrected chi connectivity index (χ0v) is 9.38. The van der Waals surface area contributed by atoms with Crippen LogP contribution in [0.5, 0.6) is 0 Å². The number of aliphatic hydroxyl groups is 1. The average Bonchev–Trinajstić information content (AvgIpc) is 2.85. The Labute approximate surface area is 97.7 Å². The van der Waals surface area contributed by atoms with E-state index in [2.05, 4.69) is 15.2 Å². The van der Waals surface area contributed by atoms with Crippen LogP contribution in [0.1, 0.15) is 17.0 Å². The van der Waals surface area contributed by atoms with Crippen LogP contribution in [0.2, 0.25) is 0 Å². The number of nitrogen functional groups attached to an aromatic ring is 1. The number of rotatable bonds is 3. The van der Waals surface area contributed by atoms with Crippen molar-refractivity contribution in [3.8, 4) is 0 Å². The summed E-state index contributed by atoms with van der Waals surface area (Å²) in [5.74, 6) is 6.43. The van der Waals surface area contributed by atoms with Gasteiger partial charge in [0, 0.05) is 18.0 Å². The minimum absolute atomic E-state index is 0.0913. The Hall–Kier alpha value is -2.28. The number of aromatic amines is 1. The van der Waals surface area contributed by atoms with Crippen molar-refractivity contribution in [1.82, 2.24) is 14.9 Å². The summed E-state index contributed by atoms with van der Waals surface area (Å²) < 4.78 is 1.32. The molecule has 2 aromatic rings. The molecule has 0 aromatic carbocycles. The minimum Gasteiger partial charge on any atom is -0.392 e. The van der Waals surface area contributed by atoms with Crippen molar-refractivity contribution in [3.63, 3.8) is 0 Å². The highest BCUT2D eigenvalue weighted by atomic mass is 16.3. The second-order valence-corrected chi connectivity index (χ2v) is 3.71. The summed E-state index contributed by atoms with van der Waals surface area (Å²) >= 11 is 0. The third-order valence-corrected chi connectivity index (χ3v) is 2.28. The van der Waals surface area contributed by atoms with Crippen LogP contribution in [-0.4, -0.2) is 25.8 Å². The fourth-order valence-corrected chi connectivity index (χ4v) is 1.47. The molecule has 17 heavy (non-hydrogen) atoms. The Morgan fingerprint density at radius 1 is 1.59 bits per heavy atom. The summed E-state index contributed by atoms with van der Waals surface area (Å²) in [5, 5.41) is 15.7. The number of nitrogens with one attached hydrogen (secondary N) is 1. The normalized spacial score (nSPS) is 12.0. The fraction of sp³-hybridized carbons (Fsp3) is 0.200. The summed E-state index contributed by atoms with van der Waals surface area (Å²) in [4.78, 5) is 4.13. The molecule has 2 rings (SSSR count). The standard InChI is InChI=1S/C10H14N6O/c1-6-2-9(15-14-6)13-10(11)8-3-7(5-17)4-16(8)12/h2-4,17H,5,12H2,1H3,(H3,11,13,14,15). The zero-order valence-electron chi connectivity index (χ0n) is 9.38. The number of H-pyrrole nitrogens is 1. The van der Waals surface area contributed by atoms with Gasteiger partial charge in [0.1, 0.15) is 5.69 Å². The molecule has 0 unspecified atom stereocenters. The second-order valence-electron chi connectivity index (χ2n) is 3.71. The van der Waals surface area contributed by atoms with Crippen LogP contribution in [-0.2, 0) is 6.61 Å². The first kappa shape index (κ1) is 11.2. The van der Waals surface area contributed by atoms with Gasteiger partial charge in [-0.15, -0.1) is 0 Å². The number of amidine groups is 1. The quantitative estimate of drug-likeness (QED) is 0.333. The molecule has 2 heterocycles. The Bertz CT molecular complexity index is 553. The van der Waals surface area contributed by atoms with Gasteiger partial charge in [-0.05, 0) is 18.6 Å². The Balaban J connectivity index is 2.32.